The largest absolute Gasteiger partial charge is 0.467 e. The fourth-order valence-electron chi connectivity index (χ4n) is 3.40. The Labute approximate surface area is 177 Å². The van der Waals surface area contributed by atoms with Crippen LogP contribution in [0.15, 0.2) is 47.1 Å². The number of benzene rings is 1. The van der Waals surface area contributed by atoms with Crippen LogP contribution in [0.3, 0.4) is 0 Å². The number of nitrogens with one attached hydrogen (secondary N) is 1. The third kappa shape index (κ3) is 4.52. The Kier molecular flexibility index (Phi) is 5.69. The topological polar surface area (TPSA) is 75.4 Å². The Morgan fingerprint density at radius 1 is 1.34 bits per heavy atom. The van der Waals surface area contributed by atoms with Crippen molar-refractivity contribution in [2.75, 3.05) is 6.54 Å². The number of halogens is 1. The van der Waals surface area contributed by atoms with Crippen LogP contribution in [-0.4, -0.2) is 28.2 Å². The molecule has 2 aromatic heterocycles. The van der Waals surface area contributed by atoms with Gasteiger partial charge in [-0.3, -0.25) is 9.59 Å². The maximum absolute atomic E-state index is 12.6. The minimum atomic E-state index is -0.353. The number of likely N-dealkylation sites (tertiary alicyclic amines) is 1. The Morgan fingerprint density at radius 3 is 2.86 bits per heavy atom. The number of thiazole rings is 1. The summed E-state index contributed by atoms with van der Waals surface area (Å²) in [5.41, 5.74) is 1.90. The van der Waals surface area contributed by atoms with E-state index in [0.29, 0.717) is 30.4 Å². The van der Waals surface area contributed by atoms with Gasteiger partial charge in [-0.1, -0.05) is 23.7 Å². The standard InChI is InChI=1S/C21H20ClN3O3S/c1-13-20(14-4-6-16(22)7-5-14)24-18(29-13)10-23-21(27)15-9-19(26)25(11-15)12-17-3-2-8-28-17/h2-8,15H,9-12H2,1H3,(H,23,27). The fraction of sp³-hybridized carbons (Fsp3) is 0.286. The van der Waals surface area contributed by atoms with Crippen molar-refractivity contribution >= 4 is 34.8 Å². The van der Waals surface area contributed by atoms with E-state index in [2.05, 4.69) is 10.3 Å². The van der Waals surface area contributed by atoms with Gasteiger partial charge in [0, 0.05) is 28.4 Å². The molecule has 6 nitrogen and oxygen atoms in total. The number of amides is 2. The molecule has 1 N–H and O–H groups in total. The molecule has 1 aliphatic rings. The van der Waals surface area contributed by atoms with E-state index in [0.717, 1.165) is 21.1 Å². The monoisotopic (exact) mass is 429 g/mol. The normalized spacial score (nSPS) is 16.4. The van der Waals surface area contributed by atoms with Gasteiger partial charge in [-0.15, -0.1) is 11.3 Å². The van der Waals surface area contributed by atoms with Gasteiger partial charge >= 0.3 is 0 Å². The molecule has 0 spiro atoms. The van der Waals surface area contributed by atoms with Crippen molar-refractivity contribution in [2.24, 2.45) is 5.92 Å². The maximum atomic E-state index is 12.6. The lowest BCUT2D eigenvalue weighted by atomic mass is 10.1. The molecule has 1 unspecified atom stereocenters. The van der Waals surface area contributed by atoms with E-state index in [-0.39, 0.29) is 24.2 Å². The molecule has 150 valence electrons. The van der Waals surface area contributed by atoms with Gasteiger partial charge in [0.05, 0.1) is 31.0 Å². The highest BCUT2D eigenvalue weighted by atomic mass is 35.5. The van der Waals surface area contributed by atoms with Crippen LogP contribution in [0.2, 0.25) is 5.02 Å². The van der Waals surface area contributed by atoms with Crippen LogP contribution in [0.25, 0.3) is 11.3 Å². The number of hydrogen-bond acceptors (Lipinski definition) is 5. The third-order valence-electron chi connectivity index (χ3n) is 4.88. The van der Waals surface area contributed by atoms with Crippen LogP contribution in [-0.2, 0) is 22.7 Å². The second-order valence-corrected chi connectivity index (χ2v) is 8.72. The number of carbonyl (C=O) groups excluding carboxylic acids is 2. The Balaban J connectivity index is 1.34. The zero-order valence-electron chi connectivity index (χ0n) is 15.9. The number of nitrogens with zero attached hydrogens (tertiary/aromatic N) is 2. The SMILES string of the molecule is Cc1sc(CNC(=O)C2CC(=O)N(Cc3ccco3)C2)nc1-c1ccc(Cl)cc1. The van der Waals surface area contributed by atoms with Crippen LogP contribution >= 0.6 is 22.9 Å². The molecular weight excluding hydrogens is 410 g/mol. The highest BCUT2D eigenvalue weighted by molar-refractivity contribution is 7.12. The molecule has 0 radical (unpaired) electrons. The summed E-state index contributed by atoms with van der Waals surface area (Å²) in [5.74, 6) is 0.208. The smallest absolute Gasteiger partial charge is 0.225 e. The molecule has 1 aliphatic heterocycles. The van der Waals surface area contributed by atoms with Crippen LogP contribution in [0.5, 0.6) is 0 Å². The van der Waals surface area contributed by atoms with Gasteiger partial charge in [-0.2, -0.15) is 0 Å². The molecule has 3 heterocycles. The van der Waals surface area contributed by atoms with Crippen molar-refractivity contribution in [2.45, 2.75) is 26.4 Å². The van der Waals surface area contributed by atoms with E-state index in [4.69, 9.17) is 16.0 Å². The van der Waals surface area contributed by atoms with E-state index >= 15 is 0 Å². The lowest BCUT2D eigenvalue weighted by Gasteiger charge is -2.14. The van der Waals surface area contributed by atoms with Crippen LogP contribution in [0, 0.1) is 12.8 Å². The summed E-state index contributed by atoms with van der Waals surface area (Å²) in [5, 5.41) is 4.44. The van der Waals surface area contributed by atoms with E-state index in [1.54, 1.807) is 28.6 Å². The first-order valence-corrected chi connectivity index (χ1v) is 10.5. The Morgan fingerprint density at radius 2 is 2.14 bits per heavy atom. The molecule has 0 saturated carbocycles. The molecule has 1 saturated heterocycles. The highest BCUT2D eigenvalue weighted by Crippen LogP contribution is 2.28. The van der Waals surface area contributed by atoms with E-state index in [9.17, 15) is 9.59 Å². The second-order valence-electron chi connectivity index (χ2n) is 6.99. The van der Waals surface area contributed by atoms with Crippen LogP contribution in [0.4, 0.5) is 0 Å². The van der Waals surface area contributed by atoms with Crippen LogP contribution in [0.1, 0.15) is 22.1 Å². The third-order valence-corrected chi connectivity index (χ3v) is 6.11. The van der Waals surface area contributed by atoms with E-state index in [1.807, 2.05) is 37.3 Å². The van der Waals surface area contributed by atoms with Crippen molar-refractivity contribution in [3.63, 3.8) is 0 Å². The predicted molar refractivity (Wildman–Crippen MR) is 111 cm³/mol. The van der Waals surface area contributed by atoms with Gasteiger partial charge in [0.15, 0.2) is 0 Å². The lowest BCUT2D eigenvalue weighted by Crippen LogP contribution is -2.32. The average Bonchev–Trinajstić information content (AvgIpc) is 3.43. The quantitative estimate of drug-likeness (QED) is 0.641. The number of furan rings is 1. The number of aryl methyl sites for hydroxylation is 1. The van der Waals surface area contributed by atoms with Gasteiger partial charge < -0.3 is 14.6 Å². The molecule has 1 fully saturated rings. The first-order chi connectivity index (χ1) is 14.0. The molecule has 1 atom stereocenters. The molecule has 8 heteroatoms. The molecule has 4 rings (SSSR count). The van der Waals surface area contributed by atoms with E-state index in [1.165, 1.54) is 0 Å². The number of aromatic nitrogens is 1. The summed E-state index contributed by atoms with van der Waals surface area (Å²) in [6.45, 7) is 3.15. The summed E-state index contributed by atoms with van der Waals surface area (Å²) in [6, 6.07) is 11.2. The predicted octanol–water partition coefficient (Wildman–Crippen LogP) is 4.03. The van der Waals surface area contributed by atoms with Crippen molar-refractivity contribution in [3.05, 3.63) is 63.3 Å². The fourth-order valence-corrected chi connectivity index (χ4v) is 4.42. The van der Waals surface area contributed by atoms with E-state index < -0.39 is 0 Å². The van der Waals surface area contributed by atoms with Gasteiger partial charge in [0.25, 0.3) is 0 Å². The molecule has 29 heavy (non-hydrogen) atoms. The van der Waals surface area contributed by atoms with Gasteiger partial charge in [0.2, 0.25) is 11.8 Å². The lowest BCUT2D eigenvalue weighted by molar-refractivity contribution is -0.129. The molecule has 1 aromatic carbocycles. The summed E-state index contributed by atoms with van der Waals surface area (Å²) < 4.78 is 5.29. The van der Waals surface area contributed by atoms with Gasteiger partial charge in [-0.05, 0) is 31.2 Å². The number of hydrogen-bond donors (Lipinski definition) is 1. The Hall–Kier alpha value is -2.64. The second kappa shape index (κ2) is 8.39. The Bertz CT molecular complexity index is 1010. The minimum absolute atomic E-state index is 0.0309. The van der Waals surface area contributed by atoms with Crippen molar-refractivity contribution in [3.8, 4) is 11.3 Å². The number of carbonyl (C=O) groups is 2. The summed E-state index contributed by atoms with van der Waals surface area (Å²) in [7, 11) is 0. The first-order valence-electron chi connectivity index (χ1n) is 9.29. The van der Waals surface area contributed by atoms with Crippen molar-refractivity contribution in [1.82, 2.24) is 15.2 Å². The maximum Gasteiger partial charge on any atom is 0.225 e. The summed E-state index contributed by atoms with van der Waals surface area (Å²) in [6.07, 6.45) is 1.80. The average molecular weight is 430 g/mol. The highest BCUT2D eigenvalue weighted by Gasteiger charge is 2.34. The molecule has 3 aromatic rings. The zero-order chi connectivity index (χ0) is 20.4. The van der Waals surface area contributed by atoms with Gasteiger partial charge in [-0.25, -0.2) is 4.98 Å². The first kappa shape index (κ1) is 19.7. The molecular formula is C21H20ClN3O3S. The zero-order valence-corrected chi connectivity index (χ0v) is 17.4. The summed E-state index contributed by atoms with van der Waals surface area (Å²) in [4.78, 5) is 32.2. The minimum Gasteiger partial charge on any atom is -0.467 e. The van der Waals surface area contributed by atoms with Crippen molar-refractivity contribution in [1.29, 1.82) is 0 Å². The summed E-state index contributed by atoms with van der Waals surface area (Å²) >= 11 is 7.51. The number of rotatable bonds is 6. The molecule has 0 bridgehead atoms. The van der Waals surface area contributed by atoms with Crippen LogP contribution < -0.4 is 5.32 Å². The molecule has 0 aliphatic carbocycles. The van der Waals surface area contributed by atoms with Gasteiger partial charge in [0.1, 0.15) is 10.8 Å². The van der Waals surface area contributed by atoms with Crippen molar-refractivity contribution < 1.29 is 14.0 Å². The molecule has 2 amide bonds.